The van der Waals surface area contributed by atoms with Gasteiger partial charge in [0.05, 0.1) is 18.5 Å². The molecule has 1 aliphatic rings. The van der Waals surface area contributed by atoms with Gasteiger partial charge in [0, 0.05) is 54.5 Å². The van der Waals surface area contributed by atoms with Crippen molar-refractivity contribution in [1.29, 1.82) is 0 Å². The van der Waals surface area contributed by atoms with E-state index in [4.69, 9.17) is 9.72 Å². The van der Waals surface area contributed by atoms with E-state index in [1.807, 2.05) is 59.3 Å². The quantitative estimate of drug-likeness (QED) is 0.431. The molecule has 1 fully saturated rings. The Morgan fingerprint density at radius 2 is 1.91 bits per heavy atom. The molecule has 3 aromatic heterocycles. The lowest BCUT2D eigenvalue weighted by Gasteiger charge is -2.26. The van der Waals surface area contributed by atoms with Gasteiger partial charge in [-0.05, 0) is 43.9 Å². The van der Waals surface area contributed by atoms with E-state index in [1.165, 1.54) is 37.8 Å². The number of ether oxygens (including phenoxy) is 1. The molecule has 0 N–H and O–H groups in total. The summed E-state index contributed by atoms with van der Waals surface area (Å²) in [6, 6.07) is 8.25. The number of nitrogens with zero attached hydrogens (tertiary/aromatic N) is 4. The lowest BCUT2D eigenvalue weighted by Crippen LogP contribution is -2.36. The molecule has 4 rings (SSSR count). The molecule has 0 bridgehead atoms. The first kappa shape index (κ1) is 24.2. The highest BCUT2D eigenvalue weighted by Gasteiger charge is 2.26. The minimum Gasteiger partial charge on any atom is -0.494 e. The second kappa shape index (κ2) is 10.2. The molecule has 0 unspecified atom stereocenters. The second-order valence-electron chi connectivity index (χ2n) is 10.6. The van der Waals surface area contributed by atoms with Crippen LogP contribution in [0.5, 0.6) is 5.75 Å². The average Bonchev–Trinajstić information content (AvgIpc) is 3.14. The molecule has 0 aliphatic heterocycles. The summed E-state index contributed by atoms with van der Waals surface area (Å²) in [7, 11) is 1.83. The van der Waals surface area contributed by atoms with Crippen molar-refractivity contribution in [2.24, 2.45) is 11.3 Å². The Bertz CT molecular complexity index is 1140. The summed E-state index contributed by atoms with van der Waals surface area (Å²) in [5.41, 5.74) is 3.56. The van der Waals surface area contributed by atoms with Crippen LogP contribution in [0.2, 0.25) is 0 Å². The molecule has 1 amide bonds. The fraction of sp³-hybridized carbons (Fsp3) is 0.536. The Hall–Kier alpha value is -2.89. The summed E-state index contributed by atoms with van der Waals surface area (Å²) in [6.45, 7) is 9.44. The SMILES string of the molecule is CCOc1ccnc(Cc2cc3cc(N(C)C(=O)C(C)(C)C)cnc3n2CC2CCCCC2)c1. The maximum absolute atomic E-state index is 12.8. The zero-order valence-corrected chi connectivity index (χ0v) is 21.3. The van der Waals surface area contributed by atoms with Crippen LogP contribution in [0.4, 0.5) is 5.69 Å². The highest BCUT2D eigenvalue weighted by atomic mass is 16.5. The largest absolute Gasteiger partial charge is 0.494 e. The van der Waals surface area contributed by atoms with E-state index in [0.29, 0.717) is 12.5 Å². The Morgan fingerprint density at radius 3 is 2.62 bits per heavy atom. The summed E-state index contributed by atoms with van der Waals surface area (Å²) in [5.74, 6) is 1.61. The molecule has 0 atom stereocenters. The topological polar surface area (TPSA) is 60.2 Å². The molecule has 6 heteroatoms. The molecule has 1 saturated carbocycles. The van der Waals surface area contributed by atoms with Crippen LogP contribution in [-0.4, -0.2) is 34.1 Å². The maximum atomic E-state index is 12.8. The van der Waals surface area contributed by atoms with Crippen LogP contribution < -0.4 is 9.64 Å². The normalized spacial score (nSPS) is 15.0. The third-order valence-corrected chi connectivity index (χ3v) is 6.77. The minimum absolute atomic E-state index is 0.0763. The number of carbonyl (C=O) groups excluding carboxylic acids is 1. The lowest BCUT2D eigenvalue weighted by atomic mass is 9.89. The van der Waals surface area contributed by atoms with Gasteiger partial charge >= 0.3 is 0 Å². The molecular formula is C28H38N4O2. The van der Waals surface area contributed by atoms with E-state index in [0.717, 1.165) is 41.1 Å². The average molecular weight is 463 g/mol. The molecule has 0 radical (unpaired) electrons. The Balaban J connectivity index is 1.70. The lowest BCUT2D eigenvalue weighted by molar-refractivity contribution is -0.125. The molecule has 6 nitrogen and oxygen atoms in total. The number of amides is 1. The molecule has 0 spiro atoms. The van der Waals surface area contributed by atoms with Crippen LogP contribution in [0.1, 0.15) is 71.2 Å². The summed E-state index contributed by atoms with van der Waals surface area (Å²) in [4.78, 5) is 24.0. The van der Waals surface area contributed by atoms with Crippen molar-refractivity contribution < 1.29 is 9.53 Å². The van der Waals surface area contributed by atoms with E-state index in [9.17, 15) is 4.79 Å². The summed E-state index contributed by atoms with van der Waals surface area (Å²) in [6.07, 6.45) is 10.9. The van der Waals surface area contributed by atoms with Gasteiger partial charge in [0.15, 0.2) is 0 Å². The number of aromatic nitrogens is 3. The fourth-order valence-corrected chi connectivity index (χ4v) is 4.96. The van der Waals surface area contributed by atoms with Crippen molar-refractivity contribution in [3.05, 3.63) is 48.0 Å². The highest BCUT2D eigenvalue weighted by Crippen LogP contribution is 2.31. The van der Waals surface area contributed by atoms with E-state index < -0.39 is 5.41 Å². The van der Waals surface area contributed by atoms with Gasteiger partial charge in [0.25, 0.3) is 0 Å². The van der Waals surface area contributed by atoms with E-state index in [2.05, 4.69) is 21.7 Å². The number of pyridine rings is 2. The summed E-state index contributed by atoms with van der Waals surface area (Å²) < 4.78 is 8.07. The first-order valence-electron chi connectivity index (χ1n) is 12.6. The van der Waals surface area contributed by atoms with Crippen LogP contribution in [0.15, 0.2) is 36.7 Å². The van der Waals surface area contributed by atoms with E-state index >= 15 is 0 Å². The van der Waals surface area contributed by atoms with Gasteiger partial charge < -0.3 is 14.2 Å². The van der Waals surface area contributed by atoms with Gasteiger partial charge in [-0.25, -0.2) is 4.98 Å². The van der Waals surface area contributed by atoms with Crippen molar-refractivity contribution in [2.45, 2.75) is 72.8 Å². The monoisotopic (exact) mass is 462 g/mol. The van der Waals surface area contributed by atoms with Crippen LogP contribution in [0, 0.1) is 11.3 Å². The first-order chi connectivity index (χ1) is 16.3. The maximum Gasteiger partial charge on any atom is 0.232 e. The Kier molecular flexibility index (Phi) is 7.24. The van der Waals surface area contributed by atoms with Crippen molar-refractivity contribution >= 4 is 22.6 Å². The van der Waals surface area contributed by atoms with Crippen molar-refractivity contribution in [3.8, 4) is 5.75 Å². The minimum atomic E-state index is -0.445. The number of fused-ring (bicyclic) bond motifs is 1. The van der Waals surface area contributed by atoms with Gasteiger partial charge in [-0.2, -0.15) is 0 Å². The predicted octanol–water partition coefficient (Wildman–Crippen LogP) is 6.01. The molecule has 0 saturated heterocycles. The fourth-order valence-electron chi connectivity index (χ4n) is 4.96. The number of anilines is 1. The molecule has 1 aliphatic carbocycles. The van der Waals surface area contributed by atoms with E-state index in [1.54, 1.807) is 4.90 Å². The molecule has 0 aromatic carbocycles. The van der Waals surface area contributed by atoms with Crippen molar-refractivity contribution in [3.63, 3.8) is 0 Å². The Labute approximate surface area is 203 Å². The van der Waals surface area contributed by atoms with Crippen LogP contribution >= 0.6 is 0 Å². The molecule has 3 heterocycles. The standard InChI is InChI=1S/C28H38N4O2/c1-6-34-25-12-13-29-22(17-25)16-23-14-21-15-24(31(5)27(33)28(2,3)4)18-30-26(21)32(23)19-20-10-8-7-9-11-20/h12-15,17-18,20H,6-11,16,19H2,1-5H3. The van der Waals surface area contributed by atoms with Gasteiger partial charge in [0.1, 0.15) is 11.4 Å². The van der Waals surface area contributed by atoms with Crippen LogP contribution in [0.25, 0.3) is 11.0 Å². The number of hydrogen-bond acceptors (Lipinski definition) is 4. The second-order valence-corrected chi connectivity index (χ2v) is 10.6. The third-order valence-electron chi connectivity index (χ3n) is 6.77. The van der Waals surface area contributed by atoms with Gasteiger partial charge in [-0.15, -0.1) is 0 Å². The molecule has 182 valence electrons. The molecular weight excluding hydrogens is 424 g/mol. The smallest absolute Gasteiger partial charge is 0.232 e. The van der Waals surface area contributed by atoms with E-state index in [-0.39, 0.29) is 5.91 Å². The Morgan fingerprint density at radius 1 is 1.15 bits per heavy atom. The zero-order valence-electron chi connectivity index (χ0n) is 21.3. The van der Waals surface area contributed by atoms with Gasteiger partial charge in [-0.1, -0.05) is 40.0 Å². The first-order valence-corrected chi connectivity index (χ1v) is 12.6. The molecule has 34 heavy (non-hydrogen) atoms. The third kappa shape index (κ3) is 5.43. The van der Waals surface area contributed by atoms with Crippen molar-refractivity contribution in [1.82, 2.24) is 14.5 Å². The zero-order chi connectivity index (χ0) is 24.3. The number of hydrogen-bond donors (Lipinski definition) is 0. The van der Waals surface area contributed by atoms with Gasteiger partial charge in [-0.3, -0.25) is 9.78 Å². The number of rotatable bonds is 7. The van der Waals surface area contributed by atoms with Crippen molar-refractivity contribution in [2.75, 3.05) is 18.6 Å². The van der Waals surface area contributed by atoms with Gasteiger partial charge in [0.2, 0.25) is 5.91 Å². The highest BCUT2D eigenvalue weighted by molar-refractivity contribution is 5.97. The molecule has 3 aromatic rings. The van der Waals surface area contributed by atoms with Crippen LogP contribution in [-0.2, 0) is 17.8 Å². The summed E-state index contributed by atoms with van der Waals surface area (Å²) in [5, 5.41) is 1.07. The predicted molar refractivity (Wildman–Crippen MR) is 137 cm³/mol. The summed E-state index contributed by atoms with van der Waals surface area (Å²) >= 11 is 0. The van der Waals surface area contributed by atoms with Crippen LogP contribution in [0.3, 0.4) is 0 Å². The number of carbonyl (C=O) groups is 1.